The molecular weight excluding hydrogens is 412 g/mol. The van der Waals surface area contributed by atoms with Gasteiger partial charge in [-0.3, -0.25) is 0 Å². The number of nitrogens with zero attached hydrogens (tertiary/aromatic N) is 3. The third-order valence-electron chi connectivity index (χ3n) is 5.21. The van der Waals surface area contributed by atoms with Gasteiger partial charge in [0.2, 0.25) is 0 Å². The van der Waals surface area contributed by atoms with Crippen LogP contribution in [0.25, 0.3) is 0 Å². The van der Waals surface area contributed by atoms with Gasteiger partial charge in [0, 0.05) is 32.2 Å². The number of anilines is 1. The lowest BCUT2D eigenvalue weighted by Gasteiger charge is -2.22. The highest BCUT2D eigenvalue weighted by Crippen LogP contribution is 2.31. The highest BCUT2D eigenvalue weighted by molar-refractivity contribution is 5.80. The maximum Gasteiger partial charge on any atom is 0.387 e. The minimum absolute atomic E-state index is 0.160. The summed E-state index contributed by atoms with van der Waals surface area (Å²) in [5.74, 6) is 0.968. The van der Waals surface area contributed by atoms with E-state index in [9.17, 15) is 8.78 Å². The summed E-state index contributed by atoms with van der Waals surface area (Å²) in [6.07, 6.45) is 0.881. The van der Waals surface area contributed by atoms with Crippen molar-refractivity contribution in [2.75, 3.05) is 38.6 Å². The van der Waals surface area contributed by atoms with E-state index in [0.717, 1.165) is 37.6 Å². The van der Waals surface area contributed by atoms with Crippen molar-refractivity contribution in [1.29, 1.82) is 0 Å². The molecule has 1 fully saturated rings. The molecule has 2 aromatic carbocycles. The molecule has 32 heavy (non-hydrogen) atoms. The lowest BCUT2D eigenvalue weighted by Crippen LogP contribution is -2.44. The minimum atomic E-state index is -2.84. The Labute approximate surface area is 189 Å². The first kappa shape index (κ1) is 23.8. The van der Waals surface area contributed by atoms with E-state index in [0.29, 0.717) is 18.8 Å². The summed E-state index contributed by atoms with van der Waals surface area (Å²) in [6, 6.07) is 15.6. The van der Waals surface area contributed by atoms with Crippen LogP contribution in [-0.4, -0.2) is 57.2 Å². The molecule has 1 saturated heterocycles. The van der Waals surface area contributed by atoms with Gasteiger partial charge in [0.05, 0.1) is 12.2 Å². The fourth-order valence-electron chi connectivity index (χ4n) is 3.89. The third kappa shape index (κ3) is 7.09. The van der Waals surface area contributed by atoms with E-state index in [1.54, 1.807) is 12.1 Å². The lowest BCUT2D eigenvalue weighted by molar-refractivity contribution is -0.0495. The largest absolute Gasteiger partial charge is 0.433 e. The summed E-state index contributed by atoms with van der Waals surface area (Å²) >= 11 is 0. The second-order valence-corrected chi connectivity index (χ2v) is 8.18. The third-order valence-corrected chi connectivity index (χ3v) is 5.21. The molecule has 1 aliphatic heterocycles. The Morgan fingerprint density at radius 2 is 1.97 bits per heavy atom. The standard InChI is InChI=1S/C24H33F2N5O/c1-4-27-24(28-15-18-8-7-9-19(14-18)16-30(2)3)29-20-12-13-31(17-20)21-10-5-6-11-22(21)32-23(25)26/h5-11,14,20,23H,4,12-13,15-17H2,1-3H3,(H2,27,28,29). The van der Waals surface area contributed by atoms with Gasteiger partial charge in [-0.25, -0.2) is 4.99 Å². The number of nitrogens with one attached hydrogen (secondary N) is 2. The van der Waals surface area contributed by atoms with Crippen molar-refractivity contribution in [3.8, 4) is 5.75 Å². The molecule has 174 valence electrons. The van der Waals surface area contributed by atoms with Crippen molar-refractivity contribution in [2.45, 2.75) is 39.1 Å². The van der Waals surface area contributed by atoms with Crippen LogP contribution < -0.4 is 20.3 Å². The van der Waals surface area contributed by atoms with Crippen molar-refractivity contribution in [1.82, 2.24) is 15.5 Å². The Kier molecular flexibility index (Phi) is 8.67. The zero-order chi connectivity index (χ0) is 22.9. The van der Waals surface area contributed by atoms with Crippen LogP contribution in [0.3, 0.4) is 0 Å². The van der Waals surface area contributed by atoms with Gasteiger partial charge in [-0.05, 0) is 50.7 Å². The number of benzene rings is 2. The fraction of sp³-hybridized carbons (Fsp3) is 0.458. The lowest BCUT2D eigenvalue weighted by atomic mass is 10.1. The molecule has 2 aromatic rings. The topological polar surface area (TPSA) is 52.1 Å². The van der Waals surface area contributed by atoms with E-state index in [4.69, 9.17) is 9.73 Å². The van der Waals surface area contributed by atoms with Crippen molar-refractivity contribution in [3.05, 3.63) is 59.7 Å². The second kappa shape index (κ2) is 11.7. The van der Waals surface area contributed by atoms with Gasteiger partial charge in [-0.2, -0.15) is 8.78 Å². The predicted molar refractivity (Wildman–Crippen MR) is 125 cm³/mol. The normalized spacial score (nSPS) is 16.7. The van der Waals surface area contributed by atoms with Gasteiger partial charge in [0.25, 0.3) is 0 Å². The molecule has 6 nitrogen and oxygen atoms in total. The molecule has 0 spiro atoms. The first-order valence-corrected chi connectivity index (χ1v) is 11.0. The van der Waals surface area contributed by atoms with Crippen LogP contribution >= 0.6 is 0 Å². The molecular formula is C24H33F2N5O. The summed E-state index contributed by atoms with van der Waals surface area (Å²) < 4.78 is 30.2. The molecule has 1 heterocycles. The molecule has 0 saturated carbocycles. The molecule has 1 atom stereocenters. The first-order chi connectivity index (χ1) is 15.4. The van der Waals surface area contributed by atoms with E-state index in [-0.39, 0.29) is 11.8 Å². The number of guanidine groups is 1. The van der Waals surface area contributed by atoms with Crippen LogP contribution in [0.1, 0.15) is 24.5 Å². The number of hydrogen-bond acceptors (Lipinski definition) is 4. The number of para-hydroxylation sites is 2. The van der Waals surface area contributed by atoms with Crippen molar-refractivity contribution < 1.29 is 13.5 Å². The summed E-state index contributed by atoms with van der Waals surface area (Å²) in [5, 5.41) is 6.80. The Balaban J connectivity index is 1.62. The minimum Gasteiger partial charge on any atom is -0.433 e. The summed E-state index contributed by atoms with van der Waals surface area (Å²) in [5.41, 5.74) is 3.11. The van der Waals surface area contributed by atoms with E-state index >= 15 is 0 Å². The van der Waals surface area contributed by atoms with Crippen molar-refractivity contribution in [2.24, 2.45) is 4.99 Å². The van der Waals surface area contributed by atoms with Gasteiger partial charge < -0.3 is 25.2 Å². The summed E-state index contributed by atoms with van der Waals surface area (Å²) in [4.78, 5) is 8.98. The van der Waals surface area contributed by atoms with Gasteiger partial charge in [-0.1, -0.05) is 36.4 Å². The fourth-order valence-corrected chi connectivity index (χ4v) is 3.89. The molecule has 0 amide bonds. The van der Waals surface area contributed by atoms with Gasteiger partial charge in [0.15, 0.2) is 5.96 Å². The number of alkyl halides is 2. The van der Waals surface area contributed by atoms with Crippen LogP contribution in [0, 0.1) is 0 Å². The molecule has 8 heteroatoms. The van der Waals surface area contributed by atoms with Crippen LogP contribution in [0.5, 0.6) is 5.75 Å². The smallest absolute Gasteiger partial charge is 0.387 e. The summed E-state index contributed by atoms with van der Waals surface area (Å²) in [7, 11) is 4.11. The predicted octanol–water partition coefficient (Wildman–Crippen LogP) is 3.68. The van der Waals surface area contributed by atoms with Gasteiger partial charge in [0.1, 0.15) is 5.75 Å². The van der Waals surface area contributed by atoms with Crippen LogP contribution in [0.15, 0.2) is 53.5 Å². The molecule has 1 unspecified atom stereocenters. The van der Waals surface area contributed by atoms with Crippen molar-refractivity contribution in [3.63, 3.8) is 0 Å². The number of rotatable bonds is 9. The van der Waals surface area contributed by atoms with Crippen LogP contribution in [0.2, 0.25) is 0 Å². The molecule has 2 N–H and O–H groups in total. The molecule has 0 aromatic heterocycles. The van der Waals surface area contributed by atoms with Crippen LogP contribution in [0.4, 0.5) is 14.5 Å². The molecule has 0 radical (unpaired) electrons. The zero-order valence-corrected chi connectivity index (χ0v) is 19.0. The monoisotopic (exact) mass is 445 g/mol. The second-order valence-electron chi connectivity index (χ2n) is 8.18. The molecule has 0 bridgehead atoms. The highest BCUT2D eigenvalue weighted by Gasteiger charge is 2.26. The quantitative estimate of drug-likeness (QED) is 0.456. The molecule has 1 aliphatic rings. The first-order valence-electron chi connectivity index (χ1n) is 11.0. The number of aliphatic imine (C=N–C) groups is 1. The molecule has 3 rings (SSSR count). The average molecular weight is 446 g/mol. The van der Waals surface area contributed by atoms with E-state index in [1.807, 2.05) is 19.1 Å². The maximum absolute atomic E-state index is 12.8. The number of ether oxygens (including phenoxy) is 1. The van der Waals surface area contributed by atoms with Crippen LogP contribution in [-0.2, 0) is 13.1 Å². The highest BCUT2D eigenvalue weighted by atomic mass is 19.3. The zero-order valence-electron chi connectivity index (χ0n) is 19.0. The van der Waals surface area contributed by atoms with E-state index < -0.39 is 6.61 Å². The van der Waals surface area contributed by atoms with Crippen molar-refractivity contribution >= 4 is 11.6 Å². The Morgan fingerprint density at radius 3 is 2.72 bits per heavy atom. The Hall–Kier alpha value is -2.87. The number of halogens is 2. The van der Waals surface area contributed by atoms with E-state index in [2.05, 4.69) is 58.8 Å². The number of hydrogen-bond donors (Lipinski definition) is 2. The SMILES string of the molecule is CCNC(=NCc1cccc(CN(C)C)c1)NC1CCN(c2ccccc2OC(F)F)C1. The Bertz CT molecular complexity index is 890. The van der Waals surface area contributed by atoms with Gasteiger partial charge in [-0.15, -0.1) is 0 Å². The maximum atomic E-state index is 12.8. The summed E-state index contributed by atoms with van der Waals surface area (Å²) in [6.45, 7) is 2.88. The average Bonchev–Trinajstić information content (AvgIpc) is 3.20. The molecule has 0 aliphatic carbocycles. The van der Waals surface area contributed by atoms with E-state index in [1.165, 1.54) is 5.56 Å². The Morgan fingerprint density at radius 1 is 1.19 bits per heavy atom. The van der Waals surface area contributed by atoms with Gasteiger partial charge >= 0.3 is 6.61 Å².